The molecule has 0 aromatic carbocycles. The van der Waals surface area contributed by atoms with E-state index in [0.29, 0.717) is 13.1 Å². The third-order valence-electron chi connectivity index (χ3n) is 2.31. The smallest absolute Gasteiger partial charge is 0.407 e. The van der Waals surface area contributed by atoms with Gasteiger partial charge in [0.2, 0.25) is 0 Å². The molecule has 1 fully saturated rings. The Labute approximate surface area is 87.4 Å². The molecule has 1 heterocycles. The molecule has 80 valence electrons. The largest absolute Gasteiger partial charge is 0.465 e. The second-order valence-corrected chi connectivity index (χ2v) is 3.69. The molecule has 14 heavy (non-hydrogen) atoms. The molecule has 7 heteroatoms. The number of thiocarbonyl (C=S) groups is 1. The topological polar surface area (TPSA) is 95.8 Å². The average Bonchev–Trinajstić information content (AvgIpc) is 2.16. The van der Waals surface area contributed by atoms with Gasteiger partial charge in [-0.15, -0.1) is 0 Å². The highest BCUT2D eigenvalue weighted by Gasteiger charge is 2.26. The minimum absolute atomic E-state index is 0.0993. The normalized spacial score (nSPS) is 21.8. The van der Waals surface area contributed by atoms with Gasteiger partial charge in [0.25, 0.3) is 0 Å². The van der Waals surface area contributed by atoms with Crippen molar-refractivity contribution in [2.24, 2.45) is 11.6 Å². The van der Waals surface area contributed by atoms with E-state index in [-0.39, 0.29) is 11.2 Å². The van der Waals surface area contributed by atoms with Crippen LogP contribution in [0.15, 0.2) is 0 Å². The van der Waals surface area contributed by atoms with Crippen molar-refractivity contribution in [3.8, 4) is 0 Å². The monoisotopic (exact) mass is 218 g/mol. The predicted octanol–water partition coefficient (Wildman–Crippen LogP) is -0.452. The molecule has 1 atom stereocenters. The van der Waals surface area contributed by atoms with E-state index in [2.05, 4.69) is 0 Å². The van der Waals surface area contributed by atoms with Crippen molar-refractivity contribution in [2.45, 2.75) is 18.9 Å². The van der Waals surface area contributed by atoms with Crippen LogP contribution in [-0.4, -0.2) is 45.4 Å². The lowest BCUT2D eigenvalue weighted by Gasteiger charge is -2.35. The van der Waals surface area contributed by atoms with Gasteiger partial charge >= 0.3 is 6.09 Å². The molecule has 0 saturated carbocycles. The Morgan fingerprint density at radius 3 is 2.79 bits per heavy atom. The summed E-state index contributed by atoms with van der Waals surface area (Å²) >= 11 is 4.72. The molecule has 6 nitrogen and oxygen atoms in total. The third kappa shape index (κ3) is 2.46. The molecule has 5 N–H and O–H groups in total. The van der Waals surface area contributed by atoms with E-state index in [1.165, 1.54) is 9.91 Å². The number of carbonyl (C=O) groups is 1. The zero-order valence-electron chi connectivity index (χ0n) is 7.72. The van der Waals surface area contributed by atoms with E-state index in [9.17, 15) is 4.79 Å². The maximum atomic E-state index is 10.7. The van der Waals surface area contributed by atoms with Gasteiger partial charge in [0.05, 0.1) is 6.04 Å². The molecule has 0 aromatic heterocycles. The van der Waals surface area contributed by atoms with Crippen LogP contribution in [0.3, 0.4) is 0 Å². The molecule has 1 saturated heterocycles. The van der Waals surface area contributed by atoms with Crippen LogP contribution in [0.4, 0.5) is 4.79 Å². The van der Waals surface area contributed by atoms with Crippen LogP contribution >= 0.6 is 12.2 Å². The summed E-state index contributed by atoms with van der Waals surface area (Å²) in [5.74, 6) is 5.60. The van der Waals surface area contributed by atoms with Crippen LogP contribution in [-0.2, 0) is 0 Å². The number of rotatable bonds is 1. The van der Waals surface area contributed by atoms with Gasteiger partial charge in [-0.05, 0) is 25.1 Å². The van der Waals surface area contributed by atoms with Crippen molar-refractivity contribution >= 4 is 23.4 Å². The number of piperidine rings is 1. The lowest BCUT2D eigenvalue weighted by molar-refractivity contribution is 0.110. The second kappa shape index (κ2) is 4.43. The quantitative estimate of drug-likeness (QED) is 0.313. The fourth-order valence-corrected chi connectivity index (χ4v) is 1.68. The van der Waals surface area contributed by atoms with E-state index in [1.54, 1.807) is 0 Å². The minimum atomic E-state index is -0.925. The Hall–Kier alpha value is -1.08. The minimum Gasteiger partial charge on any atom is -0.465 e. The first kappa shape index (κ1) is 11.0. The zero-order valence-corrected chi connectivity index (χ0v) is 8.54. The number of hydrazine groups is 1. The summed E-state index contributed by atoms with van der Waals surface area (Å²) in [5.41, 5.74) is 5.35. The maximum Gasteiger partial charge on any atom is 0.407 e. The molecule has 1 aliphatic heterocycles. The van der Waals surface area contributed by atoms with E-state index in [0.717, 1.165) is 12.8 Å². The third-order valence-corrected chi connectivity index (χ3v) is 2.53. The molecular formula is C7H14N4O2S. The summed E-state index contributed by atoms with van der Waals surface area (Å²) < 4.78 is 0. The lowest BCUT2D eigenvalue weighted by Crippen LogP contribution is -2.55. The molecule has 0 aromatic rings. The highest BCUT2D eigenvalue weighted by atomic mass is 32.1. The molecule has 1 amide bonds. The molecule has 1 rings (SSSR count). The zero-order chi connectivity index (χ0) is 10.7. The van der Waals surface area contributed by atoms with Crippen LogP contribution in [0.1, 0.15) is 12.8 Å². The van der Waals surface area contributed by atoms with E-state index in [4.69, 9.17) is 28.9 Å². The molecular weight excluding hydrogens is 204 g/mol. The van der Waals surface area contributed by atoms with Crippen molar-refractivity contribution in [3.05, 3.63) is 0 Å². The Kier molecular flexibility index (Phi) is 3.48. The summed E-state index contributed by atoms with van der Waals surface area (Å²) in [6, 6.07) is -0.0997. The van der Waals surface area contributed by atoms with Gasteiger partial charge in [-0.3, -0.25) is 5.01 Å². The first-order chi connectivity index (χ1) is 6.52. The van der Waals surface area contributed by atoms with E-state index in [1.807, 2.05) is 0 Å². The van der Waals surface area contributed by atoms with Gasteiger partial charge in [0.15, 0.2) is 5.11 Å². The van der Waals surface area contributed by atoms with Crippen LogP contribution in [0.25, 0.3) is 0 Å². The van der Waals surface area contributed by atoms with Crippen molar-refractivity contribution in [3.63, 3.8) is 0 Å². The van der Waals surface area contributed by atoms with Crippen LogP contribution < -0.4 is 11.6 Å². The van der Waals surface area contributed by atoms with Crippen molar-refractivity contribution in [2.75, 3.05) is 13.1 Å². The van der Waals surface area contributed by atoms with E-state index >= 15 is 0 Å². The Bertz CT molecular complexity index is 236. The molecule has 0 unspecified atom stereocenters. The van der Waals surface area contributed by atoms with Crippen LogP contribution in [0.2, 0.25) is 0 Å². The second-order valence-electron chi connectivity index (χ2n) is 3.27. The average molecular weight is 218 g/mol. The molecule has 0 radical (unpaired) electrons. The summed E-state index contributed by atoms with van der Waals surface area (Å²) in [4.78, 5) is 12.0. The van der Waals surface area contributed by atoms with Crippen LogP contribution in [0, 0.1) is 0 Å². The SMILES string of the molecule is NC(=S)N(N)[C@@H]1CCCN(C(=O)O)C1. The Morgan fingerprint density at radius 2 is 2.29 bits per heavy atom. The van der Waals surface area contributed by atoms with Crippen molar-refractivity contribution in [1.29, 1.82) is 0 Å². The Balaban J connectivity index is 2.55. The van der Waals surface area contributed by atoms with Crippen molar-refractivity contribution in [1.82, 2.24) is 9.91 Å². The number of nitrogens with two attached hydrogens (primary N) is 2. The highest BCUT2D eigenvalue weighted by molar-refractivity contribution is 7.80. The number of hydrogen-bond donors (Lipinski definition) is 3. The number of likely N-dealkylation sites (tertiary alicyclic amines) is 1. The first-order valence-electron chi connectivity index (χ1n) is 4.33. The fourth-order valence-electron chi connectivity index (χ4n) is 1.54. The molecule has 0 bridgehead atoms. The van der Waals surface area contributed by atoms with Gasteiger partial charge in [0.1, 0.15) is 0 Å². The van der Waals surface area contributed by atoms with Gasteiger partial charge < -0.3 is 15.7 Å². The van der Waals surface area contributed by atoms with Gasteiger partial charge in [-0.1, -0.05) is 0 Å². The Morgan fingerprint density at radius 1 is 1.64 bits per heavy atom. The lowest BCUT2D eigenvalue weighted by atomic mass is 10.1. The van der Waals surface area contributed by atoms with Crippen LogP contribution in [0.5, 0.6) is 0 Å². The van der Waals surface area contributed by atoms with Gasteiger partial charge in [0, 0.05) is 13.1 Å². The number of carboxylic acid groups (broad SMARTS) is 1. The molecule has 0 spiro atoms. The number of nitrogens with zero attached hydrogens (tertiary/aromatic N) is 2. The number of amides is 1. The predicted molar refractivity (Wildman–Crippen MR) is 55.4 cm³/mol. The summed E-state index contributed by atoms with van der Waals surface area (Å²) in [7, 11) is 0. The summed E-state index contributed by atoms with van der Waals surface area (Å²) in [6.07, 6.45) is 0.677. The highest BCUT2D eigenvalue weighted by Crippen LogP contribution is 2.13. The standard InChI is InChI=1S/C7H14N4O2S/c8-6(14)11(9)5-2-1-3-10(4-5)7(12)13/h5H,1-4,9H2,(H2,8,14)(H,12,13)/t5-/m1/s1. The first-order valence-corrected chi connectivity index (χ1v) is 4.74. The van der Waals surface area contributed by atoms with Gasteiger partial charge in [-0.25, -0.2) is 10.6 Å². The summed E-state index contributed by atoms with van der Waals surface area (Å²) in [6.45, 7) is 0.917. The summed E-state index contributed by atoms with van der Waals surface area (Å²) in [5, 5.41) is 10.1. The molecule has 0 aliphatic carbocycles. The maximum absolute atomic E-state index is 10.7. The van der Waals surface area contributed by atoms with Crippen molar-refractivity contribution < 1.29 is 9.90 Å². The molecule has 1 aliphatic rings. The van der Waals surface area contributed by atoms with E-state index < -0.39 is 6.09 Å². The number of hydrogen-bond acceptors (Lipinski definition) is 3. The fraction of sp³-hybridized carbons (Fsp3) is 0.714. The van der Waals surface area contributed by atoms with Gasteiger partial charge in [-0.2, -0.15) is 0 Å².